The third kappa shape index (κ3) is 3.49. The first-order chi connectivity index (χ1) is 9.69. The van der Waals surface area contributed by atoms with Crippen molar-refractivity contribution in [3.05, 3.63) is 0 Å². The number of carbonyl (C=O) groups is 2. The van der Waals surface area contributed by atoms with Gasteiger partial charge >= 0.3 is 11.9 Å². The fraction of sp³-hybridized carbons (Fsp3) is 0.857. The molecule has 6 nitrogen and oxygen atoms in total. The Bertz CT molecular complexity index is 343. The van der Waals surface area contributed by atoms with E-state index in [0.717, 1.165) is 52.1 Å². The highest BCUT2D eigenvalue weighted by Crippen LogP contribution is 2.18. The molecule has 2 atom stereocenters. The Hall–Kier alpha value is -1.14. The lowest BCUT2D eigenvalue weighted by Crippen LogP contribution is -2.50. The van der Waals surface area contributed by atoms with Gasteiger partial charge in [-0.15, -0.1) is 0 Å². The van der Waals surface area contributed by atoms with Crippen LogP contribution in [-0.2, 0) is 19.1 Å². The molecule has 3 aliphatic heterocycles. The molecular formula is C14H22N2O4. The minimum Gasteiger partial charge on any atom is -0.461 e. The molecule has 112 valence electrons. The lowest BCUT2D eigenvalue weighted by molar-refractivity contribution is -0.143. The van der Waals surface area contributed by atoms with E-state index in [0.29, 0.717) is 12.8 Å². The summed E-state index contributed by atoms with van der Waals surface area (Å²) in [5.41, 5.74) is 0. The molecule has 0 aromatic heterocycles. The van der Waals surface area contributed by atoms with Crippen molar-refractivity contribution in [1.29, 1.82) is 0 Å². The van der Waals surface area contributed by atoms with Crippen LogP contribution in [0.15, 0.2) is 0 Å². The fourth-order valence-electron chi connectivity index (χ4n) is 3.15. The largest absolute Gasteiger partial charge is 0.461 e. The van der Waals surface area contributed by atoms with Gasteiger partial charge in [-0.1, -0.05) is 0 Å². The summed E-state index contributed by atoms with van der Waals surface area (Å²) in [6.45, 7) is 5.70. The number of cyclic esters (lactones) is 2. The van der Waals surface area contributed by atoms with Crippen molar-refractivity contribution < 1.29 is 19.1 Å². The average Bonchev–Trinajstić information content (AvgIpc) is 3.01. The van der Waals surface area contributed by atoms with Crippen LogP contribution in [0.2, 0.25) is 0 Å². The third-order valence-electron chi connectivity index (χ3n) is 4.33. The Balaban J connectivity index is 1.36. The zero-order valence-corrected chi connectivity index (χ0v) is 11.8. The normalized spacial score (nSPS) is 32.4. The molecule has 0 radical (unpaired) electrons. The standard InChI is InChI=1S/C14H22N2O4/c17-13-3-1-11(19-13)9-15-5-7-16(8-6-15)10-12-2-4-14(18)20-12/h11-12H,1-10H2. The van der Waals surface area contributed by atoms with Gasteiger partial charge < -0.3 is 9.47 Å². The smallest absolute Gasteiger partial charge is 0.306 e. The van der Waals surface area contributed by atoms with Gasteiger partial charge in [0.25, 0.3) is 0 Å². The summed E-state index contributed by atoms with van der Waals surface area (Å²) >= 11 is 0. The summed E-state index contributed by atoms with van der Waals surface area (Å²) in [6, 6.07) is 0. The second-order valence-electron chi connectivity index (χ2n) is 5.90. The van der Waals surface area contributed by atoms with E-state index in [4.69, 9.17) is 9.47 Å². The van der Waals surface area contributed by atoms with E-state index in [-0.39, 0.29) is 24.1 Å². The Morgan fingerprint density at radius 3 is 1.50 bits per heavy atom. The molecule has 2 unspecified atom stereocenters. The van der Waals surface area contributed by atoms with E-state index in [1.807, 2.05) is 0 Å². The molecule has 0 aliphatic carbocycles. The summed E-state index contributed by atoms with van der Waals surface area (Å²) < 4.78 is 10.5. The molecule has 3 rings (SSSR count). The van der Waals surface area contributed by atoms with Gasteiger partial charge in [0.2, 0.25) is 0 Å². The first kappa shape index (κ1) is 13.8. The second-order valence-corrected chi connectivity index (χ2v) is 5.90. The van der Waals surface area contributed by atoms with Gasteiger partial charge in [-0.25, -0.2) is 0 Å². The van der Waals surface area contributed by atoms with Crippen molar-refractivity contribution in [2.75, 3.05) is 39.3 Å². The number of nitrogens with zero attached hydrogens (tertiary/aromatic N) is 2. The summed E-state index contributed by atoms with van der Waals surface area (Å²) in [7, 11) is 0. The van der Waals surface area contributed by atoms with E-state index in [2.05, 4.69) is 9.80 Å². The molecule has 6 heteroatoms. The van der Waals surface area contributed by atoms with Gasteiger partial charge in [-0.3, -0.25) is 19.4 Å². The lowest BCUT2D eigenvalue weighted by Gasteiger charge is -2.36. The molecule has 0 N–H and O–H groups in total. The topological polar surface area (TPSA) is 59.1 Å². The number of esters is 2. The number of carbonyl (C=O) groups excluding carboxylic acids is 2. The molecular weight excluding hydrogens is 260 g/mol. The van der Waals surface area contributed by atoms with Crippen LogP contribution in [0.25, 0.3) is 0 Å². The molecule has 3 aliphatic rings. The highest BCUT2D eigenvalue weighted by Gasteiger charge is 2.29. The summed E-state index contributed by atoms with van der Waals surface area (Å²) in [6.07, 6.45) is 3.03. The Morgan fingerprint density at radius 1 is 0.800 bits per heavy atom. The monoisotopic (exact) mass is 282 g/mol. The van der Waals surface area contributed by atoms with E-state index in [1.54, 1.807) is 0 Å². The van der Waals surface area contributed by atoms with Crippen LogP contribution < -0.4 is 0 Å². The maximum Gasteiger partial charge on any atom is 0.306 e. The van der Waals surface area contributed by atoms with Gasteiger partial charge in [0.05, 0.1) is 0 Å². The Morgan fingerprint density at radius 2 is 1.20 bits per heavy atom. The second kappa shape index (κ2) is 6.10. The molecule has 3 fully saturated rings. The van der Waals surface area contributed by atoms with E-state index < -0.39 is 0 Å². The van der Waals surface area contributed by atoms with Gasteiger partial charge in [0.15, 0.2) is 0 Å². The lowest BCUT2D eigenvalue weighted by atomic mass is 10.2. The highest BCUT2D eigenvalue weighted by atomic mass is 16.6. The number of hydrogen-bond acceptors (Lipinski definition) is 6. The predicted molar refractivity (Wildman–Crippen MR) is 71.1 cm³/mol. The van der Waals surface area contributed by atoms with Crippen LogP contribution in [0.3, 0.4) is 0 Å². The van der Waals surface area contributed by atoms with Crippen molar-refractivity contribution in [3.63, 3.8) is 0 Å². The fourth-order valence-corrected chi connectivity index (χ4v) is 3.15. The zero-order valence-electron chi connectivity index (χ0n) is 11.8. The Labute approximate surface area is 119 Å². The highest BCUT2D eigenvalue weighted by molar-refractivity contribution is 5.71. The molecule has 0 aromatic carbocycles. The van der Waals surface area contributed by atoms with Crippen LogP contribution in [0, 0.1) is 0 Å². The van der Waals surface area contributed by atoms with E-state index in [1.165, 1.54) is 0 Å². The molecule has 0 amide bonds. The number of ether oxygens (including phenoxy) is 2. The molecule has 0 aromatic rings. The van der Waals surface area contributed by atoms with Crippen LogP contribution >= 0.6 is 0 Å². The minimum absolute atomic E-state index is 0.0586. The molecule has 3 saturated heterocycles. The molecule has 0 spiro atoms. The summed E-state index contributed by atoms with van der Waals surface area (Å²) in [5.74, 6) is -0.117. The zero-order chi connectivity index (χ0) is 13.9. The van der Waals surface area contributed by atoms with Gasteiger partial charge in [0.1, 0.15) is 12.2 Å². The summed E-state index contributed by atoms with van der Waals surface area (Å²) in [5, 5.41) is 0. The minimum atomic E-state index is -0.0586. The van der Waals surface area contributed by atoms with E-state index in [9.17, 15) is 9.59 Å². The number of piperazine rings is 1. The third-order valence-corrected chi connectivity index (χ3v) is 4.33. The molecule has 0 saturated carbocycles. The quantitative estimate of drug-likeness (QED) is 0.677. The van der Waals surface area contributed by atoms with Crippen molar-refractivity contribution >= 4 is 11.9 Å². The van der Waals surface area contributed by atoms with Crippen LogP contribution in [0.4, 0.5) is 0 Å². The maximum atomic E-state index is 11.1. The van der Waals surface area contributed by atoms with Crippen LogP contribution in [0.1, 0.15) is 25.7 Å². The van der Waals surface area contributed by atoms with Crippen molar-refractivity contribution in [2.45, 2.75) is 37.9 Å². The predicted octanol–water partition coefficient (Wildman–Crippen LogP) is 0.0152. The van der Waals surface area contributed by atoms with Crippen molar-refractivity contribution in [1.82, 2.24) is 9.80 Å². The first-order valence-corrected chi connectivity index (χ1v) is 7.53. The van der Waals surface area contributed by atoms with Gasteiger partial charge in [-0.2, -0.15) is 0 Å². The molecule has 3 heterocycles. The van der Waals surface area contributed by atoms with Crippen molar-refractivity contribution in [2.24, 2.45) is 0 Å². The number of hydrogen-bond donors (Lipinski definition) is 0. The van der Waals surface area contributed by atoms with Crippen LogP contribution in [0.5, 0.6) is 0 Å². The van der Waals surface area contributed by atoms with Gasteiger partial charge in [-0.05, 0) is 12.8 Å². The Kier molecular flexibility index (Phi) is 4.21. The molecule has 20 heavy (non-hydrogen) atoms. The maximum absolute atomic E-state index is 11.1. The first-order valence-electron chi connectivity index (χ1n) is 7.53. The van der Waals surface area contributed by atoms with Crippen LogP contribution in [-0.4, -0.2) is 73.2 Å². The summed E-state index contributed by atoms with van der Waals surface area (Å²) in [4.78, 5) is 26.9. The van der Waals surface area contributed by atoms with Crippen molar-refractivity contribution in [3.8, 4) is 0 Å². The molecule has 0 bridgehead atoms. The average molecular weight is 282 g/mol. The van der Waals surface area contributed by atoms with Gasteiger partial charge in [0, 0.05) is 52.1 Å². The van der Waals surface area contributed by atoms with E-state index >= 15 is 0 Å². The number of rotatable bonds is 4. The SMILES string of the molecule is O=C1CCC(CN2CCN(CC3CCC(=O)O3)CC2)O1.